The Kier molecular flexibility index (Phi) is 6.68. The Morgan fingerprint density at radius 3 is 2.38 bits per heavy atom. The lowest BCUT2D eigenvalue weighted by Gasteiger charge is -2.11. The molecule has 0 N–H and O–H groups in total. The van der Waals surface area contributed by atoms with Crippen molar-refractivity contribution < 1.29 is 23.1 Å². The van der Waals surface area contributed by atoms with Crippen molar-refractivity contribution in [3.63, 3.8) is 0 Å². The number of amides is 1. The molecule has 0 fully saturated rings. The first-order chi connectivity index (χ1) is 11.6. The fourth-order valence-corrected chi connectivity index (χ4v) is 2.27. The van der Waals surface area contributed by atoms with Crippen LogP contribution in [0.3, 0.4) is 0 Å². The fourth-order valence-electron chi connectivity index (χ4n) is 1.67. The molecule has 0 aromatic heterocycles. The molecule has 0 aliphatic carbocycles. The fraction of sp³-hybridized carbons (Fsp3) is 0.118. The molecule has 0 saturated heterocycles. The van der Waals surface area contributed by atoms with Gasteiger partial charge in [-0.1, -0.05) is 35.3 Å². The third kappa shape index (κ3) is 5.31. The van der Waals surface area contributed by atoms with Crippen molar-refractivity contribution in [2.45, 2.75) is 4.90 Å². The van der Waals surface area contributed by atoms with Gasteiger partial charge < -0.3 is 4.74 Å². The number of carbonyl (C=O) groups excluding carboxylic acids is 1. The maximum atomic E-state index is 11.9. The summed E-state index contributed by atoms with van der Waals surface area (Å²) in [6.45, 7) is 0. The van der Waals surface area contributed by atoms with Gasteiger partial charge in [0.15, 0.2) is 0 Å². The average Bonchev–Trinajstić information content (AvgIpc) is 2.64. The molecule has 7 heteroatoms. The highest BCUT2D eigenvalue weighted by atomic mass is 32.2. The van der Waals surface area contributed by atoms with Crippen LogP contribution < -0.4 is 4.74 Å². The van der Waals surface area contributed by atoms with Gasteiger partial charge in [-0.15, -0.1) is 4.33 Å². The molecule has 2 aromatic rings. The van der Waals surface area contributed by atoms with Crippen molar-refractivity contribution in [3.8, 4) is 5.75 Å². The minimum absolute atomic E-state index is 0.437. The molecule has 0 radical (unpaired) electrons. The van der Waals surface area contributed by atoms with Crippen LogP contribution in [0.4, 0.5) is 0 Å². The monoisotopic (exact) mass is 347 g/mol. The van der Waals surface area contributed by atoms with Gasteiger partial charge >= 0.3 is 0 Å². The largest absolute Gasteiger partial charge is 0.497 e. The molecule has 2 rings (SSSR count). The SMILES string of the molecule is COc1ccc(/C=C/C(=O)N(C)OOS(=O)c2ccccc2)cc1. The van der Waals surface area contributed by atoms with E-state index in [1.54, 1.807) is 55.7 Å². The number of nitrogens with zero attached hydrogens (tertiary/aromatic N) is 1. The Morgan fingerprint density at radius 1 is 1.08 bits per heavy atom. The van der Waals surface area contributed by atoms with E-state index < -0.39 is 17.0 Å². The summed E-state index contributed by atoms with van der Waals surface area (Å²) in [5.41, 5.74) is 0.825. The number of hydrogen-bond donors (Lipinski definition) is 0. The smallest absolute Gasteiger partial charge is 0.272 e. The van der Waals surface area contributed by atoms with Gasteiger partial charge in [0, 0.05) is 13.1 Å². The van der Waals surface area contributed by atoms with Gasteiger partial charge in [-0.2, -0.15) is 5.06 Å². The molecular formula is C17H17NO5S. The summed E-state index contributed by atoms with van der Waals surface area (Å²) in [5.74, 6) is 0.270. The van der Waals surface area contributed by atoms with Crippen LogP contribution in [0, 0.1) is 0 Å². The Bertz CT molecular complexity index is 716. The summed E-state index contributed by atoms with van der Waals surface area (Å²) < 4.78 is 21.6. The number of likely N-dealkylation sites (N-methyl/N-ethyl adjacent to an activating group) is 1. The zero-order chi connectivity index (χ0) is 17.4. The van der Waals surface area contributed by atoms with Crippen LogP contribution >= 0.6 is 0 Å². The molecule has 0 spiro atoms. The van der Waals surface area contributed by atoms with Crippen LogP contribution in [-0.4, -0.2) is 29.3 Å². The van der Waals surface area contributed by atoms with Crippen LogP contribution in [0.15, 0.2) is 65.6 Å². The lowest BCUT2D eigenvalue weighted by Crippen LogP contribution is -2.25. The molecule has 2 aromatic carbocycles. The molecule has 1 amide bonds. The summed E-state index contributed by atoms with van der Waals surface area (Å²) in [5, 5.41) is 0.848. The first-order valence-corrected chi connectivity index (χ1v) is 8.09. The van der Waals surface area contributed by atoms with E-state index in [-0.39, 0.29) is 0 Å². The molecule has 0 bridgehead atoms. The van der Waals surface area contributed by atoms with Crippen molar-refractivity contribution in [2.75, 3.05) is 14.2 Å². The van der Waals surface area contributed by atoms with Gasteiger partial charge in [0.2, 0.25) is 11.1 Å². The highest BCUT2D eigenvalue weighted by Crippen LogP contribution is 2.12. The highest BCUT2D eigenvalue weighted by Gasteiger charge is 2.11. The molecule has 0 saturated carbocycles. The van der Waals surface area contributed by atoms with E-state index in [1.165, 1.54) is 13.1 Å². The number of benzene rings is 2. The maximum absolute atomic E-state index is 11.9. The Morgan fingerprint density at radius 2 is 1.75 bits per heavy atom. The second-order valence-corrected chi connectivity index (χ2v) is 5.71. The van der Waals surface area contributed by atoms with Gasteiger partial charge in [0.1, 0.15) is 5.75 Å². The number of hydroxylamine groups is 2. The number of carbonyl (C=O) groups is 1. The maximum Gasteiger partial charge on any atom is 0.272 e. The molecular weight excluding hydrogens is 330 g/mol. The highest BCUT2D eigenvalue weighted by molar-refractivity contribution is 7.80. The van der Waals surface area contributed by atoms with Gasteiger partial charge in [-0.25, -0.2) is 4.21 Å². The number of methoxy groups -OCH3 is 1. The van der Waals surface area contributed by atoms with Crippen molar-refractivity contribution in [2.24, 2.45) is 0 Å². The van der Waals surface area contributed by atoms with Gasteiger partial charge in [-0.3, -0.25) is 4.79 Å². The van der Waals surface area contributed by atoms with Gasteiger partial charge in [-0.05, 0) is 35.9 Å². The summed E-state index contributed by atoms with van der Waals surface area (Å²) in [6, 6.07) is 15.7. The number of ether oxygens (including phenoxy) is 1. The van der Waals surface area contributed by atoms with Crippen molar-refractivity contribution >= 4 is 23.1 Å². The second kappa shape index (κ2) is 8.97. The molecule has 6 nitrogen and oxygen atoms in total. The van der Waals surface area contributed by atoms with E-state index in [0.717, 1.165) is 16.4 Å². The zero-order valence-electron chi connectivity index (χ0n) is 13.2. The summed E-state index contributed by atoms with van der Waals surface area (Å²) in [7, 11) is 2.95. The molecule has 1 atom stereocenters. The van der Waals surface area contributed by atoms with Crippen molar-refractivity contribution in [3.05, 3.63) is 66.2 Å². The quantitative estimate of drug-likeness (QED) is 0.438. The minimum Gasteiger partial charge on any atom is -0.497 e. The van der Waals surface area contributed by atoms with E-state index >= 15 is 0 Å². The number of hydrogen-bond acceptors (Lipinski definition) is 5. The van der Waals surface area contributed by atoms with Crippen LogP contribution in [-0.2, 0) is 25.2 Å². The molecule has 126 valence electrons. The molecule has 0 aliphatic heterocycles. The molecule has 24 heavy (non-hydrogen) atoms. The van der Waals surface area contributed by atoms with Gasteiger partial charge in [0.25, 0.3) is 5.91 Å². The third-order valence-corrected chi connectivity index (χ3v) is 3.83. The van der Waals surface area contributed by atoms with Crippen molar-refractivity contribution in [1.29, 1.82) is 0 Å². The van der Waals surface area contributed by atoms with E-state index in [0.29, 0.717) is 4.90 Å². The zero-order valence-corrected chi connectivity index (χ0v) is 14.1. The predicted molar refractivity (Wildman–Crippen MR) is 89.8 cm³/mol. The lowest BCUT2D eigenvalue weighted by molar-refractivity contribution is -0.335. The van der Waals surface area contributed by atoms with Crippen LogP contribution in [0.1, 0.15) is 5.56 Å². The second-order valence-electron chi connectivity index (χ2n) is 4.63. The molecule has 1 unspecified atom stereocenters. The van der Waals surface area contributed by atoms with E-state index in [9.17, 15) is 9.00 Å². The first kappa shape index (κ1) is 17.9. The predicted octanol–water partition coefficient (Wildman–Crippen LogP) is 2.75. The first-order valence-electron chi connectivity index (χ1n) is 7.02. The van der Waals surface area contributed by atoms with Crippen molar-refractivity contribution in [1.82, 2.24) is 5.06 Å². The number of rotatable bonds is 7. The lowest BCUT2D eigenvalue weighted by atomic mass is 10.2. The van der Waals surface area contributed by atoms with E-state index in [1.807, 2.05) is 12.1 Å². The third-order valence-electron chi connectivity index (χ3n) is 2.98. The van der Waals surface area contributed by atoms with Gasteiger partial charge in [0.05, 0.1) is 12.0 Å². The summed E-state index contributed by atoms with van der Waals surface area (Å²) in [6.07, 6.45) is 2.94. The van der Waals surface area contributed by atoms with Crippen LogP contribution in [0.2, 0.25) is 0 Å². The normalized spacial score (nSPS) is 12.1. The summed E-state index contributed by atoms with van der Waals surface area (Å²) in [4.78, 5) is 17.1. The Balaban J connectivity index is 1.85. The summed E-state index contributed by atoms with van der Waals surface area (Å²) >= 11 is -1.82. The average molecular weight is 347 g/mol. The Hall–Kier alpha value is -2.48. The molecule has 0 aliphatic rings. The topological polar surface area (TPSA) is 65.1 Å². The van der Waals surface area contributed by atoms with Crippen LogP contribution in [0.25, 0.3) is 6.08 Å². The molecule has 0 heterocycles. The standard InChI is InChI=1S/C17H17NO5S/c1-18(22-23-24(20)16-6-4-3-5-7-16)17(19)13-10-14-8-11-15(21-2)12-9-14/h3-13H,1-2H3/b13-10+. The van der Waals surface area contributed by atoms with Crippen LogP contribution in [0.5, 0.6) is 5.75 Å². The van der Waals surface area contributed by atoms with E-state index in [2.05, 4.69) is 0 Å². The van der Waals surface area contributed by atoms with E-state index in [4.69, 9.17) is 14.1 Å². The minimum atomic E-state index is -1.82. The Labute approximate surface area is 142 Å².